The number of hydrogen-bond acceptors (Lipinski definition) is 9. The molecule has 1 aliphatic carbocycles. The number of methoxy groups -OCH3 is 1. The van der Waals surface area contributed by atoms with Gasteiger partial charge >= 0.3 is 0 Å². The summed E-state index contributed by atoms with van der Waals surface area (Å²) in [6.07, 6.45) is 8.31. The van der Waals surface area contributed by atoms with Crippen LogP contribution in [0.1, 0.15) is 75.2 Å². The molecule has 4 heterocycles. The number of amides is 2. The minimum atomic E-state index is -0.255. The first-order chi connectivity index (χ1) is 26.4. The van der Waals surface area contributed by atoms with Crippen LogP contribution in [0.25, 0.3) is 16.7 Å². The highest BCUT2D eigenvalue weighted by atomic mass is 16.5. The molecule has 3 fully saturated rings. The summed E-state index contributed by atoms with van der Waals surface area (Å²) in [5.41, 5.74) is 3.72. The van der Waals surface area contributed by atoms with Crippen LogP contribution in [0.3, 0.4) is 0 Å². The number of likely N-dealkylation sites (N-methyl/N-ethyl adjacent to an activating group) is 1. The minimum Gasteiger partial charge on any atom is -0.494 e. The molecule has 0 radical (unpaired) electrons. The molecular formula is C43H56N8O4. The number of rotatable bonds is 10. The van der Waals surface area contributed by atoms with E-state index in [1.54, 1.807) is 43.6 Å². The summed E-state index contributed by atoms with van der Waals surface area (Å²) in [7, 11) is 3.65. The number of aryl methyl sites for hydroxylation is 1. The van der Waals surface area contributed by atoms with Crippen molar-refractivity contribution in [1.29, 1.82) is 0 Å². The number of carbonyl (C=O) groups is 2. The van der Waals surface area contributed by atoms with E-state index in [1.165, 1.54) is 23.8 Å². The van der Waals surface area contributed by atoms with Crippen molar-refractivity contribution in [2.75, 3.05) is 63.6 Å². The number of nitrogens with zero attached hydrogens (tertiary/aromatic N) is 6. The van der Waals surface area contributed by atoms with E-state index in [-0.39, 0.29) is 28.8 Å². The van der Waals surface area contributed by atoms with Crippen LogP contribution < -0.4 is 25.8 Å². The van der Waals surface area contributed by atoms with Crippen LogP contribution in [-0.4, -0.2) is 95.6 Å². The van der Waals surface area contributed by atoms with Gasteiger partial charge in [-0.25, -0.2) is 4.98 Å². The molecule has 2 saturated heterocycles. The molecule has 3 unspecified atom stereocenters. The van der Waals surface area contributed by atoms with Crippen molar-refractivity contribution in [1.82, 2.24) is 29.7 Å². The van der Waals surface area contributed by atoms with Crippen molar-refractivity contribution in [2.24, 2.45) is 17.3 Å². The van der Waals surface area contributed by atoms with Gasteiger partial charge in [-0.05, 0) is 86.4 Å². The molecule has 2 amide bonds. The zero-order valence-corrected chi connectivity index (χ0v) is 33.2. The number of likely N-dealkylation sites (tertiary alicyclic amines) is 1. The van der Waals surface area contributed by atoms with Crippen molar-refractivity contribution in [3.63, 3.8) is 0 Å². The third kappa shape index (κ3) is 8.49. The fourth-order valence-electron chi connectivity index (χ4n) is 8.84. The normalized spacial score (nSPS) is 22.2. The Balaban J connectivity index is 1.05. The third-order valence-corrected chi connectivity index (χ3v) is 12.1. The first-order valence-corrected chi connectivity index (χ1v) is 19.9. The zero-order valence-electron chi connectivity index (χ0n) is 33.2. The summed E-state index contributed by atoms with van der Waals surface area (Å²) in [5.74, 6) is 2.48. The SMILES string of the molecule is CCC1CC(C)CCC(C)(CC(=O)N2CCN(c3ccc(Nc4ncc5c(C)cc(=O)n(-c6cccc(C(=O)NC7CN(C)C7)c6)c5n4)c(OC)c3)CC2)C1. The molecule has 12 nitrogen and oxygen atoms in total. The number of hydrogen-bond donors (Lipinski definition) is 2. The first kappa shape index (κ1) is 38.3. The predicted molar refractivity (Wildman–Crippen MR) is 218 cm³/mol. The van der Waals surface area contributed by atoms with Crippen LogP contribution in [0.4, 0.5) is 17.3 Å². The fourth-order valence-corrected chi connectivity index (χ4v) is 8.84. The number of nitrogens with one attached hydrogen (secondary N) is 2. The summed E-state index contributed by atoms with van der Waals surface area (Å²) in [4.78, 5) is 56.0. The lowest BCUT2D eigenvalue weighted by molar-refractivity contribution is -0.134. The number of carbonyl (C=O) groups excluding carboxylic acids is 2. The molecule has 2 aromatic heterocycles. The maximum atomic E-state index is 13.6. The van der Waals surface area contributed by atoms with Gasteiger partial charge in [0.25, 0.3) is 11.5 Å². The van der Waals surface area contributed by atoms with Crippen LogP contribution in [0.5, 0.6) is 5.75 Å². The molecule has 0 spiro atoms. The molecule has 0 bridgehead atoms. The van der Waals surface area contributed by atoms with Crippen molar-refractivity contribution in [3.05, 3.63) is 76.2 Å². The van der Waals surface area contributed by atoms with Crippen LogP contribution in [-0.2, 0) is 4.79 Å². The van der Waals surface area contributed by atoms with Crippen molar-refractivity contribution < 1.29 is 14.3 Å². The predicted octanol–water partition coefficient (Wildman–Crippen LogP) is 6.17. The second-order valence-corrected chi connectivity index (χ2v) is 16.6. The van der Waals surface area contributed by atoms with Gasteiger partial charge in [-0.15, -0.1) is 0 Å². The monoisotopic (exact) mass is 748 g/mol. The Kier molecular flexibility index (Phi) is 11.2. The van der Waals surface area contributed by atoms with Gasteiger partial charge < -0.3 is 30.1 Å². The van der Waals surface area contributed by atoms with E-state index in [2.05, 4.69) is 51.1 Å². The standard InChI is InChI=1S/C43H56N8O4/c1-7-30-19-28(2)13-14-43(4,23-30)24-39(53)50-17-15-49(16-18-50)33-11-12-36(37(22-33)55-6)46-42-44-25-35-29(3)20-38(52)51(40(35)47-42)34-10-8-9-31(21-34)41(54)45-32-26-48(5)27-32/h8-12,20-22,25,28,30,32H,7,13-19,23-24,26-27H2,1-6H3,(H,45,54)(H,44,46,47). The maximum absolute atomic E-state index is 13.6. The smallest absolute Gasteiger partial charge is 0.257 e. The molecule has 2 N–H and O–H groups in total. The van der Waals surface area contributed by atoms with Crippen LogP contribution in [0.2, 0.25) is 0 Å². The van der Waals surface area contributed by atoms with E-state index in [0.717, 1.165) is 61.6 Å². The summed E-state index contributed by atoms with van der Waals surface area (Å²) in [6.45, 7) is 13.4. The highest BCUT2D eigenvalue weighted by molar-refractivity contribution is 5.95. The number of pyridine rings is 1. The number of aromatic nitrogens is 3. The van der Waals surface area contributed by atoms with Gasteiger partial charge in [-0.3, -0.25) is 19.0 Å². The first-order valence-electron chi connectivity index (χ1n) is 19.9. The molecular weight excluding hydrogens is 693 g/mol. The largest absolute Gasteiger partial charge is 0.494 e. The molecule has 292 valence electrons. The Bertz CT molecular complexity index is 2100. The summed E-state index contributed by atoms with van der Waals surface area (Å²) in [5, 5.41) is 7.10. The molecule has 4 aromatic rings. The molecule has 2 aliphatic heterocycles. The molecule has 3 aliphatic rings. The van der Waals surface area contributed by atoms with E-state index in [9.17, 15) is 14.4 Å². The second kappa shape index (κ2) is 16.0. The Morgan fingerprint density at radius 3 is 2.55 bits per heavy atom. The number of anilines is 3. The van der Waals surface area contributed by atoms with Gasteiger partial charge in [-0.2, -0.15) is 4.98 Å². The summed E-state index contributed by atoms with van der Waals surface area (Å²) in [6, 6.07) is 14.7. The average Bonchev–Trinajstić information content (AvgIpc) is 3.31. The van der Waals surface area contributed by atoms with Crippen LogP contribution in [0.15, 0.2) is 59.5 Å². The van der Waals surface area contributed by atoms with Gasteiger partial charge in [0, 0.05) is 80.7 Å². The number of piperazine rings is 1. The maximum Gasteiger partial charge on any atom is 0.257 e. The Morgan fingerprint density at radius 1 is 1.04 bits per heavy atom. The number of fused-ring (bicyclic) bond motifs is 1. The van der Waals surface area contributed by atoms with Crippen molar-refractivity contribution >= 4 is 40.2 Å². The van der Waals surface area contributed by atoms with Gasteiger partial charge in [-0.1, -0.05) is 39.7 Å². The minimum absolute atomic E-state index is 0.0801. The lowest BCUT2D eigenvalue weighted by atomic mass is 9.75. The Hall–Kier alpha value is -4.97. The van der Waals surface area contributed by atoms with Gasteiger partial charge in [0.15, 0.2) is 5.65 Å². The van der Waals surface area contributed by atoms with Crippen LogP contribution >= 0.6 is 0 Å². The van der Waals surface area contributed by atoms with E-state index in [4.69, 9.17) is 9.72 Å². The van der Waals surface area contributed by atoms with Gasteiger partial charge in [0.1, 0.15) is 5.75 Å². The molecule has 1 saturated carbocycles. The van der Waals surface area contributed by atoms with Gasteiger partial charge in [0.05, 0.1) is 24.5 Å². The van der Waals surface area contributed by atoms with E-state index in [1.807, 2.05) is 32.2 Å². The van der Waals surface area contributed by atoms with Crippen molar-refractivity contribution in [3.8, 4) is 11.4 Å². The molecule has 12 heteroatoms. The summed E-state index contributed by atoms with van der Waals surface area (Å²) < 4.78 is 7.36. The summed E-state index contributed by atoms with van der Waals surface area (Å²) >= 11 is 0. The quantitative estimate of drug-likeness (QED) is 0.184. The topological polar surface area (TPSA) is 125 Å². The molecule has 3 atom stereocenters. The molecule has 55 heavy (non-hydrogen) atoms. The van der Waals surface area contributed by atoms with E-state index >= 15 is 0 Å². The van der Waals surface area contributed by atoms with E-state index < -0.39 is 0 Å². The Labute approximate surface area is 324 Å². The zero-order chi connectivity index (χ0) is 38.9. The average molecular weight is 749 g/mol. The highest BCUT2D eigenvalue weighted by Crippen LogP contribution is 2.43. The van der Waals surface area contributed by atoms with Crippen molar-refractivity contribution in [2.45, 2.75) is 72.3 Å². The van der Waals surface area contributed by atoms with Crippen LogP contribution in [0, 0.1) is 24.2 Å². The third-order valence-electron chi connectivity index (χ3n) is 12.1. The lowest BCUT2D eigenvalue weighted by Gasteiger charge is -2.38. The molecule has 7 rings (SSSR count). The molecule has 2 aromatic carbocycles. The fraction of sp³-hybridized carbons (Fsp3) is 0.512. The van der Waals surface area contributed by atoms with Gasteiger partial charge in [0.2, 0.25) is 11.9 Å². The number of benzene rings is 2. The number of ether oxygens (including phenoxy) is 1. The second-order valence-electron chi connectivity index (χ2n) is 16.6. The highest BCUT2D eigenvalue weighted by Gasteiger charge is 2.36. The Morgan fingerprint density at radius 2 is 1.82 bits per heavy atom. The lowest BCUT2D eigenvalue weighted by Crippen LogP contribution is -2.57. The van der Waals surface area contributed by atoms with E-state index in [0.29, 0.717) is 59.7 Å².